The van der Waals surface area contributed by atoms with Gasteiger partial charge in [0.05, 0.1) is 0 Å². The first-order valence-corrected chi connectivity index (χ1v) is 8.48. The van der Waals surface area contributed by atoms with Gasteiger partial charge in [0.25, 0.3) is 5.91 Å². The highest BCUT2D eigenvalue weighted by Crippen LogP contribution is 2.26. The number of nitrogens with one attached hydrogen (secondary N) is 1. The number of phenolic OH excluding ortho intramolecular Hbond substituents is 1. The van der Waals surface area contributed by atoms with Gasteiger partial charge in [0.15, 0.2) is 0 Å². The molecule has 1 aromatic carbocycles. The predicted octanol–water partition coefficient (Wildman–Crippen LogP) is 2.84. The predicted molar refractivity (Wildman–Crippen MR) is 87.2 cm³/mol. The molecule has 1 saturated carbocycles. The zero-order valence-corrected chi connectivity index (χ0v) is 13.3. The molecule has 0 atom stereocenters. The number of benzene rings is 1. The van der Waals surface area contributed by atoms with Crippen LogP contribution in [0.5, 0.6) is 5.75 Å². The Bertz CT molecular complexity index is 530. The van der Waals surface area contributed by atoms with Crippen molar-refractivity contribution in [1.82, 2.24) is 10.2 Å². The maximum atomic E-state index is 12.3. The van der Waals surface area contributed by atoms with Crippen LogP contribution in [0.25, 0.3) is 0 Å². The molecule has 1 amide bonds. The van der Waals surface area contributed by atoms with Gasteiger partial charge in [0, 0.05) is 30.7 Å². The summed E-state index contributed by atoms with van der Waals surface area (Å²) in [6.07, 6.45) is 7.54. The van der Waals surface area contributed by atoms with Crippen LogP contribution in [0.3, 0.4) is 0 Å². The minimum Gasteiger partial charge on any atom is -0.508 e. The molecule has 4 heteroatoms. The van der Waals surface area contributed by atoms with Gasteiger partial charge < -0.3 is 15.3 Å². The summed E-state index contributed by atoms with van der Waals surface area (Å²) in [5, 5.41) is 12.7. The molecule has 0 unspecified atom stereocenters. The van der Waals surface area contributed by atoms with E-state index in [0.717, 1.165) is 37.5 Å². The average molecular weight is 302 g/mol. The fourth-order valence-corrected chi connectivity index (χ4v) is 3.74. The van der Waals surface area contributed by atoms with E-state index >= 15 is 0 Å². The lowest BCUT2D eigenvalue weighted by molar-refractivity contribution is 0.0892. The van der Waals surface area contributed by atoms with Crippen LogP contribution >= 0.6 is 0 Å². The minimum absolute atomic E-state index is 0.0255. The fourth-order valence-electron chi connectivity index (χ4n) is 3.74. The number of hydrogen-bond acceptors (Lipinski definition) is 3. The van der Waals surface area contributed by atoms with Crippen molar-refractivity contribution in [3.05, 3.63) is 29.3 Å². The topological polar surface area (TPSA) is 52.6 Å². The first-order valence-electron chi connectivity index (χ1n) is 8.48. The van der Waals surface area contributed by atoms with Crippen molar-refractivity contribution >= 4 is 5.91 Å². The van der Waals surface area contributed by atoms with Crippen LogP contribution < -0.4 is 5.32 Å². The van der Waals surface area contributed by atoms with Crippen LogP contribution in [0.4, 0.5) is 0 Å². The van der Waals surface area contributed by atoms with Crippen molar-refractivity contribution in [1.29, 1.82) is 0 Å². The summed E-state index contributed by atoms with van der Waals surface area (Å²) in [5.41, 5.74) is 1.37. The third-order valence-corrected chi connectivity index (χ3v) is 5.16. The SMILES string of the molecule is Cc1cc(C(=O)NC2CCN(C3CCCC3)CC2)ccc1O. The van der Waals surface area contributed by atoms with Crippen molar-refractivity contribution < 1.29 is 9.90 Å². The Labute approximate surface area is 132 Å². The monoisotopic (exact) mass is 302 g/mol. The Morgan fingerprint density at radius 3 is 2.50 bits per heavy atom. The van der Waals surface area contributed by atoms with Gasteiger partial charge in [-0.15, -0.1) is 0 Å². The number of phenols is 1. The molecule has 1 saturated heterocycles. The Morgan fingerprint density at radius 2 is 1.86 bits per heavy atom. The van der Waals surface area contributed by atoms with Gasteiger partial charge in [-0.3, -0.25) is 4.79 Å². The number of rotatable bonds is 3. The molecule has 0 bridgehead atoms. The first-order chi connectivity index (χ1) is 10.6. The molecule has 120 valence electrons. The third kappa shape index (κ3) is 3.43. The summed E-state index contributed by atoms with van der Waals surface area (Å²) < 4.78 is 0. The molecular weight excluding hydrogens is 276 g/mol. The largest absolute Gasteiger partial charge is 0.508 e. The highest BCUT2D eigenvalue weighted by molar-refractivity contribution is 5.94. The number of likely N-dealkylation sites (tertiary alicyclic amines) is 1. The molecule has 1 aliphatic heterocycles. The van der Waals surface area contributed by atoms with E-state index in [1.807, 2.05) is 6.92 Å². The van der Waals surface area contributed by atoms with Crippen molar-refractivity contribution in [2.45, 2.75) is 57.5 Å². The van der Waals surface area contributed by atoms with Crippen molar-refractivity contribution in [2.75, 3.05) is 13.1 Å². The second-order valence-corrected chi connectivity index (χ2v) is 6.72. The van der Waals surface area contributed by atoms with Crippen molar-refractivity contribution in [2.24, 2.45) is 0 Å². The highest BCUT2D eigenvalue weighted by atomic mass is 16.3. The Balaban J connectivity index is 1.51. The fraction of sp³-hybridized carbons (Fsp3) is 0.611. The van der Waals surface area contributed by atoms with Gasteiger partial charge >= 0.3 is 0 Å². The normalized spacial score (nSPS) is 21.1. The maximum absolute atomic E-state index is 12.3. The molecule has 1 aromatic rings. The number of aromatic hydroxyl groups is 1. The molecule has 3 rings (SSSR count). The maximum Gasteiger partial charge on any atom is 0.251 e. The molecule has 1 heterocycles. The van der Waals surface area contributed by atoms with E-state index in [0.29, 0.717) is 5.56 Å². The van der Waals surface area contributed by atoms with E-state index in [4.69, 9.17) is 0 Å². The molecule has 0 aromatic heterocycles. The Hall–Kier alpha value is -1.55. The van der Waals surface area contributed by atoms with E-state index in [9.17, 15) is 9.90 Å². The van der Waals surface area contributed by atoms with E-state index in [1.165, 1.54) is 25.7 Å². The molecule has 1 aliphatic carbocycles. The lowest BCUT2D eigenvalue weighted by atomic mass is 10.0. The van der Waals surface area contributed by atoms with Gasteiger partial charge in [0.2, 0.25) is 0 Å². The molecule has 2 aliphatic rings. The summed E-state index contributed by atoms with van der Waals surface area (Å²) in [7, 11) is 0. The number of nitrogens with zero attached hydrogens (tertiary/aromatic N) is 1. The number of carbonyl (C=O) groups is 1. The van der Waals surface area contributed by atoms with Crippen LogP contribution in [0.2, 0.25) is 0 Å². The third-order valence-electron chi connectivity index (χ3n) is 5.16. The summed E-state index contributed by atoms with van der Waals surface area (Å²) in [6.45, 7) is 4.01. The van der Waals surface area contributed by atoms with Gasteiger partial charge in [-0.1, -0.05) is 12.8 Å². The summed E-state index contributed by atoms with van der Waals surface area (Å²) in [5.74, 6) is 0.212. The molecular formula is C18H26N2O2. The van der Waals surface area contributed by atoms with Crippen LogP contribution in [0, 0.1) is 6.92 Å². The van der Waals surface area contributed by atoms with Crippen molar-refractivity contribution in [3.63, 3.8) is 0 Å². The summed E-state index contributed by atoms with van der Waals surface area (Å²) in [6, 6.07) is 6.09. The molecule has 2 fully saturated rings. The molecule has 0 spiro atoms. The number of hydrogen-bond donors (Lipinski definition) is 2. The van der Waals surface area contributed by atoms with E-state index in [2.05, 4.69) is 10.2 Å². The zero-order valence-electron chi connectivity index (χ0n) is 13.3. The Kier molecular flexibility index (Phi) is 4.67. The van der Waals surface area contributed by atoms with Gasteiger partial charge in [-0.25, -0.2) is 0 Å². The van der Waals surface area contributed by atoms with Crippen LogP contribution in [0.15, 0.2) is 18.2 Å². The highest BCUT2D eigenvalue weighted by Gasteiger charge is 2.27. The molecule has 22 heavy (non-hydrogen) atoms. The van der Waals surface area contributed by atoms with Gasteiger partial charge in [-0.2, -0.15) is 0 Å². The van der Waals surface area contributed by atoms with Crippen LogP contribution in [-0.4, -0.2) is 41.1 Å². The Morgan fingerprint density at radius 1 is 1.18 bits per heavy atom. The van der Waals surface area contributed by atoms with Crippen molar-refractivity contribution in [3.8, 4) is 5.75 Å². The van der Waals surface area contributed by atoms with E-state index in [-0.39, 0.29) is 17.7 Å². The lowest BCUT2D eigenvalue weighted by Gasteiger charge is -2.36. The molecule has 0 radical (unpaired) electrons. The first kappa shape index (κ1) is 15.3. The molecule has 2 N–H and O–H groups in total. The zero-order chi connectivity index (χ0) is 15.5. The molecule has 4 nitrogen and oxygen atoms in total. The second kappa shape index (κ2) is 6.69. The lowest BCUT2D eigenvalue weighted by Crippen LogP contribution is -2.47. The van der Waals surface area contributed by atoms with Crippen LogP contribution in [-0.2, 0) is 0 Å². The number of amides is 1. The number of aryl methyl sites for hydroxylation is 1. The number of carbonyl (C=O) groups excluding carboxylic acids is 1. The van der Waals surface area contributed by atoms with E-state index < -0.39 is 0 Å². The van der Waals surface area contributed by atoms with Crippen LogP contribution in [0.1, 0.15) is 54.4 Å². The average Bonchev–Trinajstić information content (AvgIpc) is 3.05. The second-order valence-electron chi connectivity index (χ2n) is 6.72. The van der Waals surface area contributed by atoms with Gasteiger partial charge in [0.1, 0.15) is 5.75 Å². The number of piperidine rings is 1. The van der Waals surface area contributed by atoms with E-state index in [1.54, 1.807) is 18.2 Å². The quantitative estimate of drug-likeness (QED) is 0.903. The summed E-state index contributed by atoms with van der Waals surface area (Å²) >= 11 is 0. The minimum atomic E-state index is -0.0255. The summed E-state index contributed by atoms with van der Waals surface area (Å²) in [4.78, 5) is 14.9. The van der Waals surface area contributed by atoms with Gasteiger partial charge in [-0.05, 0) is 56.4 Å². The standard InChI is InChI=1S/C18H26N2O2/c1-13-12-14(6-7-17(13)21)18(22)19-15-8-10-20(11-9-15)16-4-2-3-5-16/h6-7,12,15-16,21H,2-5,8-11H2,1H3,(H,19,22). The smallest absolute Gasteiger partial charge is 0.251 e.